The Bertz CT molecular complexity index is 513. The van der Waals surface area contributed by atoms with Crippen molar-refractivity contribution in [2.75, 3.05) is 13.2 Å². The number of β-amino-alcohol motifs (C(OH)–C–C–N with tert-alkyl or cyclic N) is 1. The lowest BCUT2D eigenvalue weighted by Gasteiger charge is -2.01. The summed E-state index contributed by atoms with van der Waals surface area (Å²) in [7, 11) is 0. The molecule has 0 aromatic heterocycles. The van der Waals surface area contributed by atoms with Gasteiger partial charge in [-0.3, -0.25) is 0 Å². The van der Waals surface area contributed by atoms with Gasteiger partial charge in [-0.1, -0.05) is 72.8 Å². The molecular formula is C19H23NO2. The van der Waals surface area contributed by atoms with E-state index < -0.39 is 0 Å². The normalized spacial score (nSPS) is 20.6. The van der Waals surface area contributed by atoms with Crippen LogP contribution in [-0.2, 0) is 0 Å². The summed E-state index contributed by atoms with van der Waals surface area (Å²) in [6.07, 6.45) is 4.69. The van der Waals surface area contributed by atoms with E-state index in [0.717, 1.165) is 0 Å². The molecule has 0 spiro atoms. The predicted octanol–water partition coefficient (Wildman–Crippen LogP) is 2.56. The van der Waals surface area contributed by atoms with E-state index in [-0.39, 0.29) is 18.8 Å². The van der Waals surface area contributed by atoms with Crippen LogP contribution in [0.5, 0.6) is 0 Å². The Morgan fingerprint density at radius 3 is 1.73 bits per heavy atom. The number of benzene rings is 2. The van der Waals surface area contributed by atoms with Crippen molar-refractivity contribution in [2.45, 2.75) is 18.6 Å². The van der Waals surface area contributed by atoms with Gasteiger partial charge in [0.1, 0.15) is 0 Å². The third-order valence-electron chi connectivity index (χ3n) is 3.49. The Morgan fingerprint density at radius 1 is 0.909 bits per heavy atom. The zero-order chi connectivity index (χ0) is 15.6. The van der Waals surface area contributed by atoms with Crippen molar-refractivity contribution in [3.8, 4) is 0 Å². The first-order valence-corrected chi connectivity index (χ1v) is 7.58. The molecule has 2 aromatic carbocycles. The van der Waals surface area contributed by atoms with E-state index in [4.69, 9.17) is 10.2 Å². The van der Waals surface area contributed by atoms with Gasteiger partial charge in [0.2, 0.25) is 0 Å². The van der Waals surface area contributed by atoms with E-state index in [0.29, 0.717) is 13.0 Å². The molecule has 3 nitrogen and oxygen atoms in total. The molecule has 1 saturated heterocycles. The molecule has 3 heteroatoms. The molecule has 2 aromatic rings. The fourth-order valence-corrected chi connectivity index (χ4v) is 2.26. The van der Waals surface area contributed by atoms with Crippen molar-refractivity contribution in [1.82, 2.24) is 5.32 Å². The Morgan fingerprint density at radius 2 is 1.41 bits per heavy atom. The number of hydrogen-bond donors (Lipinski definition) is 3. The zero-order valence-corrected chi connectivity index (χ0v) is 12.6. The average molecular weight is 297 g/mol. The van der Waals surface area contributed by atoms with Crippen LogP contribution in [0.4, 0.5) is 0 Å². The predicted molar refractivity (Wildman–Crippen MR) is 91.3 cm³/mol. The van der Waals surface area contributed by atoms with Crippen LogP contribution in [0.2, 0.25) is 0 Å². The molecule has 0 amide bonds. The Kier molecular flexibility index (Phi) is 6.84. The van der Waals surface area contributed by atoms with E-state index in [2.05, 4.69) is 41.7 Å². The van der Waals surface area contributed by atoms with E-state index in [1.54, 1.807) is 0 Å². The molecule has 0 bridgehead atoms. The fraction of sp³-hybridized carbons (Fsp3) is 0.263. The van der Waals surface area contributed by atoms with E-state index in [9.17, 15) is 0 Å². The zero-order valence-electron chi connectivity index (χ0n) is 12.6. The number of rotatable bonds is 3. The maximum Gasteiger partial charge on any atom is 0.0680 e. The molecule has 1 heterocycles. The van der Waals surface area contributed by atoms with Crippen LogP contribution < -0.4 is 5.32 Å². The molecule has 116 valence electrons. The molecule has 0 radical (unpaired) electrons. The number of hydrogen-bond acceptors (Lipinski definition) is 3. The van der Waals surface area contributed by atoms with E-state index in [1.807, 2.05) is 36.4 Å². The highest BCUT2D eigenvalue weighted by Crippen LogP contribution is 2.07. The van der Waals surface area contributed by atoms with Crippen molar-refractivity contribution >= 4 is 12.2 Å². The van der Waals surface area contributed by atoms with Crippen molar-refractivity contribution in [2.24, 2.45) is 0 Å². The van der Waals surface area contributed by atoms with E-state index >= 15 is 0 Å². The smallest absolute Gasteiger partial charge is 0.0680 e. The van der Waals surface area contributed by atoms with Gasteiger partial charge in [0, 0.05) is 12.6 Å². The van der Waals surface area contributed by atoms with Crippen LogP contribution in [0.3, 0.4) is 0 Å². The molecule has 1 aliphatic heterocycles. The standard InChI is InChI=1S/C14H12.C5H11NO2/c1-3-7-13(8-4-1)11-12-14-9-5-2-6-10-14;7-3-4-1-5(8)2-6-4/h1-12H;4-8H,1-3H2/t;4-,5+/m.0/s1. The highest BCUT2D eigenvalue weighted by Gasteiger charge is 2.20. The van der Waals surface area contributed by atoms with Crippen molar-refractivity contribution in [1.29, 1.82) is 0 Å². The van der Waals surface area contributed by atoms with Gasteiger partial charge >= 0.3 is 0 Å². The van der Waals surface area contributed by atoms with E-state index in [1.165, 1.54) is 11.1 Å². The molecule has 0 aliphatic carbocycles. The molecule has 1 fully saturated rings. The topological polar surface area (TPSA) is 52.5 Å². The van der Waals surface area contributed by atoms with Gasteiger partial charge in [-0.05, 0) is 17.5 Å². The molecule has 2 atom stereocenters. The van der Waals surface area contributed by atoms with Crippen molar-refractivity contribution in [3.63, 3.8) is 0 Å². The first-order valence-electron chi connectivity index (χ1n) is 7.58. The summed E-state index contributed by atoms with van der Waals surface area (Å²) in [6.45, 7) is 0.766. The Hall–Kier alpha value is -1.94. The van der Waals surface area contributed by atoms with Crippen molar-refractivity contribution < 1.29 is 10.2 Å². The van der Waals surface area contributed by atoms with Crippen LogP contribution in [0.25, 0.3) is 12.2 Å². The molecular weight excluding hydrogens is 274 g/mol. The second-order valence-electron chi connectivity index (χ2n) is 5.33. The number of aliphatic hydroxyl groups is 2. The summed E-state index contributed by atoms with van der Waals surface area (Å²) < 4.78 is 0. The van der Waals surface area contributed by atoms with Crippen LogP contribution in [0.1, 0.15) is 17.5 Å². The molecule has 3 rings (SSSR count). The first kappa shape index (κ1) is 16.4. The summed E-state index contributed by atoms with van der Waals surface area (Å²) in [4.78, 5) is 0. The lowest BCUT2D eigenvalue weighted by Crippen LogP contribution is -2.24. The largest absolute Gasteiger partial charge is 0.395 e. The quantitative estimate of drug-likeness (QED) is 0.763. The third kappa shape index (κ3) is 5.82. The minimum atomic E-state index is -0.243. The maximum atomic E-state index is 8.86. The monoisotopic (exact) mass is 297 g/mol. The number of aliphatic hydroxyl groups excluding tert-OH is 2. The maximum absolute atomic E-state index is 8.86. The van der Waals surface area contributed by atoms with Gasteiger partial charge in [0.15, 0.2) is 0 Å². The molecule has 0 saturated carbocycles. The third-order valence-corrected chi connectivity index (χ3v) is 3.49. The molecule has 1 aliphatic rings. The van der Waals surface area contributed by atoms with Gasteiger partial charge in [-0.25, -0.2) is 0 Å². The lowest BCUT2D eigenvalue weighted by molar-refractivity contribution is 0.184. The summed E-state index contributed by atoms with van der Waals surface area (Å²) in [6, 6.07) is 20.8. The minimum Gasteiger partial charge on any atom is -0.395 e. The Balaban J connectivity index is 0.000000188. The highest BCUT2D eigenvalue weighted by molar-refractivity contribution is 5.69. The molecule has 0 unspecified atom stereocenters. The van der Waals surface area contributed by atoms with Crippen LogP contribution in [0, 0.1) is 0 Å². The summed E-state index contributed by atoms with van der Waals surface area (Å²) in [5.41, 5.74) is 2.47. The highest BCUT2D eigenvalue weighted by atomic mass is 16.3. The second kappa shape index (κ2) is 9.15. The van der Waals surface area contributed by atoms with Crippen LogP contribution >= 0.6 is 0 Å². The van der Waals surface area contributed by atoms with Crippen LogP contribution in [-0.4, -0.2) is 35.5 Å². The summed E-state index contributed by atoms with van der Waals surface area (Å²) in [5, 5.41) is 20.3. The molecule has 22 heavy (non-hydrogen) atoms. The van der Waals surface area contributed by atoms with Gasteiger partial charge in [0.05, 0.1) is 12.7 Å². The fourth-order valence-electron chi connectivity index (χ4n) is 2.26. The number of nitrogens with one attached hydrogen (secondary N) is 1. The Labute approximate surface area is 131 Å². The van der Waals surface area contributed by atoms with Gasteiger partial charge in [-0.2, -0.15) is 0 Å². The summed E-state index contributed by atoms with van der Waals surface area (Å²) in [5.74, 6) is 0. The van der Waals surface area contributed by atoms with Crippen LogP contribution in [0.15, 0.2) is 60.7 Å². The molecule has 3 N–H and O–H groups in total. The van der Waals surface area contributed by atoms with Gasteiger partial charge < -0.3 is 15.5 Å². The average Bonchev–Trinajstić information content (AvgIpc) is 3.01. The second-order valence-corrected chi connectivity index (χ2v) is 5.33. The van der Waals surface area contributed by atoms with Gasteiger partial charge in [0.25, 0.3) is 0 Å². The first-order chi connectivity index (χ1) is 10.8. The SMILES string of the molecule is C(=Cc1ccccc1)c1ccccc1.OC[C@@H]1C[C@@H](O)CN1. The lowest BCUT2D eigenvalue weighted by atomic mass is 10.1. The van der Waals surface area contributed by atoms with Crippen molar-refractivity contribution in [3.05, 3.63) is 71.8 Å². The minimum absolute atomic E-state index is 0.130. The van der Waals surface area contributed by atoms with Gasteiger partial charge in [-0.15, -0.1) is 0 Å². The summed E-state index contributed by atoms with van der Waals surface area (Å²) >= 11 is 0.